The van der Waals surface area contributed by atoms with Crippen molar-refractivity contribution in [2.45, 2.75) is 169 Å². The highest BCUT2D eigenvalue weighted by Gasteiger charge is 2.31. The van der Waals surface area contributed by atoms with Gasteiger partial charge in [-0.05, 0) is 55.5 Å². The van der Waals surface area contributed by atoms with Gasteiger partial charge in [-0.15, -0.1) is 0 Å². The minimum absolute atomic E-state index is 0.167. The molecule has 0 aliphatic heterocycles. The third-order valence-corrected chi connectivity index (χ3v) is 13.3. The SMILES string of the molecule is CCCCCCCOCc1cc(Cl)c2c3c(Cl)cc(C(O)OCCCCCCC)c4c(C(=O)OCCCCCCC)cc(Cl)c(c5c(Cl)cc(C(=O)OCCCCCCC)c1c52)c43. The number of rotatable bonds is 30. The minimum atomic E-state index is -1.43. The molecule has 346 valence electrons. The third-order valence-electron chi connectivity index (χ3n) is 12.1. The second-order valence-corrected chi connectivity index (χ2v) is 18.6. The number of halogens is 4. The van der Waals surface area contributed by atoms with Gasteiger partial charge in [0.15, 0.2) is 6.29 Å². The van der Waals surface area contributed by atoms with Gasteiger partial charge in [0.2, 0.25) is 0 Å². The molecule has 63 heavy (non-hydrogen) atoms. The normalized spacial score (nSPS) is 12.4. The van der Waals surface area contributed by atoms with Crippen LogP contribution < -0.4 is 0 Å². The largest absolute Gasteiger partial charge is 0.462 e. The molecule has 5 aromatic rings. The summed E-state index contributed by atoms with van der Waals surface area (Å²) in [6, 6.07) is 6.69. The summed E-state index contributed by atoms with van der Waals surface area (Å²) in [5.74, 6) is -1.08. The topological polar surface area (TPSA) is 91.3 Å². The van der Waals surface area contributed by atoms with Crippen molar-refractivity contribution in [1.29, 1.82) is 0 Å². The van der Waals surface area contributed by atoms with E-state index in [1.807, 2.05) is 6.07 Å². The molecular formula is C52H68Cl4O7. The summed E-state index contributed by atoms with van der Waals surface area (Å²) in [6.45, 7) is 10.2. The number of ether oxygens (including phenoxy) is 4. The lowest BCUT2D eigenvalue weighted by atomic mass is 9.84. The second kappa shape index (κ2) is 26.5. The molecule has 0 aromatic heterocycles. The van der Waals surface area contributed by atoms with E-state index in [1.54, 1.807) is 18.2 Å². The monoisotopic (exact) mass is 944 g/mol. The molecule has 5 rings (SSSR count). The van der Waals surface area contributed by atoms with Gasteiger partial charge in [0.05, 0.1) is 37.6 Å². The number of aliphatic hydroxyl groups is 1. The number of carbonyl (C=O) groups excluding carboxylic acids is 2. The van der Waals surface area contributed by atoms with Crippen LogP contribution >= 0.6 is 46.4 Å². The number of esters is 2. The van der Waals surface area contributed by atoms with Crippen molar-refractivity contribution < 1.29 is 33.6 Å². The van der Waals surface area contributed by atoms with E-state index in [2.05, 4.69) is 27.7 Å². The Bertz CT molecular complexity index is 2240. The van der Waals surface area contributed by atoms with Crippen molar-refractivity contribution >= 4 is 101 Å². The summed E-state index contributed by atoms with van der Waals surface area (Å²) in [4.78, 5) is 28.4. The van der Waals surface area contributed by atoms with E-state index < -0.39 is 18.2 Å². The van der Waals surface area contributed by atoms with E-state index in [1.165, 1.54) is 6.42 Å². The van der Waals surface area contributed by atoms with Crippen LogP contribution in [-0.4, -0.2) is 43.5 Å². The fourth-order valence-corrected chi connectivity index (χ4v) is 9.96. The number of hydrogen-bond donors (Lipinski definition) is 1. The maximum atomic E-state index is 14.2. The van der Waals surface area contributed by atoms with Crippen LogP contribution in [-0.2, 0) is 25.6 Å². The van der Waals surface area contributed by atoms with Crippen molar-refractivity contribution in [3.8, 4) is 0 Å². The molecule has 0 aliphatic rings. The zero-order chi connectivity index (χ0) is 45.3. The molecule has 0 aliphatic carbocycles. The number of aliphatic hydroxyl groups excluding tert-OH is 1. The van der Waals surface area contributed by atoms with Crippen LogP contribution in [0.2, 0.25) is 20.1 Å². The molecule has 0 fully saturated rings. The van der Waals surface area contributed by atoms with E-state index in [0.717, 1.165) is 122 Å². The van der Waals surface area contributed by atoms with Crippen LogP contribution in [0.25, 0.3) is 43.1 Å². The lowest BCUT2D eigenvalue weighted by molar-refractivity contribution is -0.103. The molecule has 0 saturated heterocycles. The van der Waals surface area contributed by atoms with Gasteiger partial charge >= 0.3 is 11.9 Å². The molecule has 5 aromatic carbocycles. The zero-order valence-corrected chi connectivity index (χ0v) is 41.0. The number of benzene rings is 5. The van der Waals surface area contributed by atoms with Gasteiger partial charge in [-0.2, -0.15) is 0 Å². The summed E-state index contributed by atoms with van der Waals surface area (Å²) < 4.78 is 24.2. The van der Waals surface area contributed by atoms with Crippen LogP contribution in [0.15, 0.2) is 24.3 Å². The molecule has 0 spiro atoms. The first-order valence-corrected chi connectivity index (χ1v) is 25.3. The summed E-state index contributed by atoms with van der Waals surface area (Å²) in [6.07, 6.45) is 19.1. The Labute approximate surface area is 395 Å². The van der Waals surface area contributed by atoms with E-state index in [4.69, 9.17) is 65.4 Å². The molecule has 0 saturated carbocycles. The van der Waals surface area contributed by atoms with Gasteiger partial charge in [0, 0.05) is 75.4 Å². The molecule has 1 atom stereocenters. The summed E-state index contributed by atoms with van der Waals surface area (Å²) in [7, 11) is 0. The predicted molar refractivity (Wildman–Crippen MR) is 264 cm³/mol. The first kappa shape index (κ1) is 51.4. The molecule has 1 unspecified atom stereocenters. The molecule has 0 amide bonds. The number of unbranched alkanes of at least 4 members (excludes halogenated alkanes) is 16. The number of carbonyl (C=O) groups is 2. The standard InChI is InChI=1S/C52H68Cl4O7/c1-5-9-13-17-21-25-60-33-34-29-38(53)44-46-40(55)31-36(51(58)62-27-23-19-15-11-7-3)43-37(52(59)63-28-24-20-16-12-8-4)32-41(56)47(49(43)46)45-39(54)30-35(42(34)48(44)45)50(57)61-26-22-18-14-10-6-2/h29-32,51,58H,5-28,33H2,1-4H3. The number of hydrogen-bond acceptors (Lipinski definition) is 7. The van der Waals surface area contributed by atoms with Crippen molar-refractivity contribution in [2.75, 3.05) is 26.4 Å². The molecular weight excluding hydrogens is 878 g/mol. The smallest absolute Gasteiger partial charge is 0.338 e. The minimum Gasteiger partial charge on any atom is -0.462 e. The highest BCUT2D eigenvalue weighted by molar-refractivity contribution is 6.54. The Hall–Kier alpha value is -2.62. The first-order valence-electron chi connectivity index (χ1n) is 23.8. The summed E-state index contributed by atoms with van der Waals surface area (Å²) in [5, 5.41) is 17.0. The summed E-state index contributed by atoms with van der Waals surface area (Å²) >= 11 is 29.4. The quantitative estimate of drug-likeness (QED) is 0.0161. The second-order valence-electron chi connectivity index (χ2n) is 17.0. The van der Waals surface area contributed by atoms with Gasteiger partial charge in [-0.25, -0.2) is 9.59 Å². The Morgan fingerprint density at radius 1 is 0.460 bits per heavy atom. The van der Waals surface area contributed by atoms with Gasteiger partial charge < -0.3 is 24.1 Å². The molecule has 0 bridgehead atoms. The summed E-state index contributed by atoms with van der Waals surface area (Å²) in [5.41, 5.74) is 1.46. The molecule has 0 radical (unpaired) electrons. The molecule has 1 N–H and O–H groups in total. The number of fused-ring (bicyclic) bond motifs is 2. The van der Waals surface area contributed by atoms with Gasteiger partial charge in [0.1, 0.15) is 0 Å². The zero-order valence-electron chi connectivity index (χ0n) is 38.0. The fraction of sp³-hybridized carbons (Fsp3) is 0.577. The maximum Gasteiger partial charge on any atom is 0.338 e. The predicted octanol–water partition coefficient (Wildman–Crippen LogP) is 17.1. The van der Waals surface area contributed by atoms with Crippen molar-refractivity contribution in [3.63, 3.8) is 0 Å². The van der Waals surface area contributed by atoms with Crippen molar-refractivity contribution in [1.82, 2.24) is 0 Å². The first-order chi connectivity index (χ1) is 30.6. The van der Waals surface area contributed by atoms with E-state index in [-0.39, 0.29) is 46.0 Å². The maximum absolute atomic E-state index is 14.2. The highest BCUT2D eigenvalue weighted by Crippen LogP contribution is 2.53. The Morgan fingerprint density at radius 2 is 0.841 bits per heavy atom. The lowest BCUT2D eigenvalue weighted by Gasteiger charge is -2.25. The van der Waals surface area contributed by atoms with Gasteiger partial charge in [0.25, 0.3) is 0 Å². The molecule has 7 nitrogen and oxygen atoms in total. The Morgan fingerprint density at radius 3 is 1.32 bits per heavy atom. The van der Waals surface area contributed by atoms with Gasteiger partial charge in [-0.1, -0.05) is 177 Å². The van der Waals surface area contributed by atoms with E-state index >= 15 is 0 Å². The average Bonchev–Trinajstić information content (AvgIpc) is 3.27. The van der Waals surface area contributed by atoms with Crippen LogP contribution in [0.1, 0.15) is 194 Å². The van der Waals surface area contributed by atoms with Crippen LogP contribution in [0.4, 0.5) is 0 Å². The Balaban J connectivity index is 1.73. The van der Waals surface area contributed by atoms with E-state index in [9.17, 15) is 14.7 Å². The highest BCUT2D eigenvalue weighted by atomic mass is 35.5. The van der Waals surface area contributed by atoms with Crippen molar-refractivity contribution in [3.05, 3.63) is 66.6 Å². The third kappa shape index (κ3) is 13.1. The average molecular weight is 947 g/mol. The fourth-order valence-electron chi connectivity index (χ4n) is 8.74. The molecule has 11 heteroatoms. The van der Waals surface area contributed by atoms with E-state index in [0.29, 0.717) is 72.5 Å². The van der Waals surface area contributed by atoms with Crippen molar-refractivity contribution in [2.24, 2.45) is 0 Å². The van der Waals surface area contributed by atoms with Crippen LogP contribution in [0, 0.1) is 0 Å². The molecule has 0 heterocycles. The van der Waals surface area contributed by atoms with Crippen LogP contribution in [0.5, 0.6) is 0 Å². The van der Waals surface area contributed by atoms with Crippen LogP contribution in [0.3, 0.4) is 0 Å². The lowest BCUT2D eigenvalue weighted by Crippen LogP contribution is -2.12. The Kier molecular flexibility index (Phi) is 21.6. The van der Waals surface area contributed by atoms with Gasteiger partial charge in [-0.3, -0.25) is 0 Å².